The van der Waals surface area contributed by atoms with Crippen LogP contribution in [0, 0.1) is 0 Å². The van der Waals surface area contributed by atoms with Crippen molar-refractivity contribution in [1.29, 1.82) is 0 Å². The van der Waals surface area contributed by atoms with E-state index in [2.05, 4.69) is 17.1 Å². The van der Waals surface area contributed by atoms with E-state index in [1.807, 2.05) is 25.9 Å². The van der Waals surface area contributed by atoms with Gasteiger partial charge in [0.15, 0.2) is 0 Å². The summed E-state index contributed by atoms with van der Waals surface area (Å²) in [7, 11) is 4.04. The second-order valence-electron chi connectivity index (χ2n) is 5.53. The number of amides is 1. The van der Waals surface area contributed by atoms with Gasteiger partial charge in [-0.15, -0.1) is 0 Å². The van der Waals surface area contributed by atoms with Crippen LogP contribution in [0.5, 0.6) is 0 Å². The van der Waals surface area contributed by atoms with E-state index in [1.54, 1.807) is 0 Å². The Morgan fingerprint density at radius 2 is 1.94 bits per heavy atom. The average molecular weight is 257 g/mol. The molecule has 1 amide bonds. The summed E-state index contributed by atoms with van der Waals surface area (Å²) in [5.41, 5.74) is -0.144. The summed E-state index contributed by atoms with van der Waals surface area (Å²) in [5, 5.41) is 3.16. The highest BCUT2D eigenvalue weighted by atomic mass is 16.5. The first-order chi connectivity index (χ1) is 8.47. The molecule has 5 nitrogen and oxygen atoms in total. The molecule has 0 saturated carbocycles. The highest BCUT2D eigenvalue weighted by Gasteiger charge is 2.33. The minimum Gasteiger partial charge on any atom is -0.363 e. The van der Waals surface area contributed by atoms with Gasteiger partial charge in [0.1, 0.15) is 6.61 Å². The van der Waals surface area contributed by atoms with Crippen molar-refractivity contribution in [3.63, 3.8) is 0 Å². The summed E-state index contributed by atoms with van der Waals surface area (Å²) in [5.74, 6) is 0.104. The van der Waals surface area contributed by atoms with Crippen LogP contribution in [0.2, 0.25) is 0 Å². The largest absolute Gasteiger partial charge is 0.363 e. The van der Waals surface area contributed by atoms with Crippen molar-refractivity contribution >= 4 is 5.91 Å². The second-order valence-corrected chi connectivity index (χ2v) is 5.53. The van der Waals surface area contributed by atoms with E-state index in [0.717, 1.165) is 39.1 Å². The normalized spacial score (nSPS) is 17.6. The molecule has 0 spiro atoms. The fraction of sp³-hybridized carbons (Fsp3) is 0.923. The Balaban J connectivity index is 2.33. The number of rotatable bonds is 8. The molecule has 0 aromatic heterocycles. The molecule has 0 atom stereocenters. The summed E-state index contributed by atoms with van der Waals surface area (Å²) >= 11 is 0. The van der Waals surface area contributed by atoms with E-state index in [-0.39, 0.29) is 18.1 Å². The topological polar surface area (TPSA) is 44.8 Å². The molecule has 106 valence electrons. The molecule has 0 aliphatic carbocycles. The number of ether oxygens (including phenoxy) is 1. The molecule has 1 aliphatic heterocycles. The van der Waals surface area contributed by atoms with Crippen molar-refractivity contribution in [3.05, 3.63) is 0 Å². The molecular formula is C13H27N3O2. The molecule has 1 aliphatic rings. The molecular weight excluding hydrogens is 230 g/mol. The van der Waals surface area contributed by atoms with Crippen molar-refractivity contribution in [3.8, 4) is 0 Å². The third kappa shape index (κ3) is 4.92. The van der Waals surface area contributed by atoms with Crippen LogP contribution in [0.25, 0.3) is 0 Å². The van der Waals surface area contributed by atoms with Crippen LogP contribution in [-0.4, -0.2) is 74.7 Å². The third-order valence-electron chi connectivity index (χ3n) is 3.21. The fourth-order valence-electron chi connectivity index (χ4n) is 1.86. The number of carbonyl (C=O) groups is 1. The fourth-order valence-corrected chi connectivity index (χ4v) is 1.86. The highest BCUT2D eigenvalue weighted by molar-refractivity contribution is 5.77. The van der Waals surface area contributed by atoms with Gasteiger partial charge in [0.05, 0.1) is 5.60 Å². The van der Waals surface area contributed by atoms with Crippen molar-refractivity contribution in [2.45, 2.75) is 25.9 Å². The third-order valence-corrected chi connectivity index (χ3v) is 3.21. The van der Waals surface area contributed by atoms with Gasteiger partial charge in [0.2, 0.25) is 5.91 Å². The monoisotopic (exact) mass is 257 g/mol. The van der Waals surface area contributed by atoms with Gasteiger partial charge >= 0.3 is 0 Å². The van der Waals surface area contributed by atoms with Crippen molar-refractivity contribution in [2.24, 2.45) is 0 Å². The molecule has 0 aromatic rings. The molecule has 1 N–H and O–H groups in total. The lowest BCUT2D eigenvalue weighted by molar-refractivity contribution is -0.146. The first-order valence-electron chi connectivity index (χ1n) is 6.74. The smallest absolute Gasteiger partial charge is 0.248 e. The molecule has 5 heteroatoms. The van der Waals surface area contributed by atoms with Gasteiger partial charge in [0, 0.05) is 32.7 Å². The Morgan fingerprint density at radius 1 is 1.28 bits per heavy atom. The van der Waals surface area contributed by atoms with Crippen LogP contribution in [0.3, 0.4) is 0 Å². The maximum absolute atomic E-state index is 12.1. The van der Waals surface area contributed by atoms with E-state index in [9.17, 15) is 4.79 Å². The molecule has 0 bridgehead atoms. The maximum atomic E-state index is 12.1. The summed E-state index contributed by atoms with van der Waals surface area (Å²) in [4.78, 5) is 16.1. The lowest BCUT2D eigenvalue weighted by atomic mass is 10.0. The van der Waals surface area contributed by atoms with Crippen molar-refractivity contribution in [2.75, 3.05) is 53.4 Å². The molecule has 1 saturated heterocycles. The first kappa shape index (κ1) is 15.4. The summed E-state index contributed by atoms with van der Waals surface area (Å²) in [6.45, 7) is 8.49. The van der Waals surface area contributed by atoms with Gasteiger partial charge in [-0.25, -0.2) is 0 Å². The van der Waals surface area contributed by atoms with Crippen LogP contribution < -0.4 is 5.32 Å². The molecule has 1 heterocycles. The van der Waals surface area contributed by atoms with E-state index in [4.69, 9.17) is 4.74 Å². The van der Waals surface area contributed by atoms with Crippen molar-refractivity contribution < 1.29 is 9.53 Å². The number of likely N-dealkylation sites (N-methyl/N-ethyl adjacent to an activating group) is 1. The van der Waals surface area contributed by atoms with Crippen LogP contribution in [0.15, 0.2) is 0 Å². The average Bonchev–Trinajstić information content (AvgIpc) is 2.28. The first-order valence-corrected chi connectivity index (χ1v) is 6.74. The van der Waals surface area contributed by atoms with Gasteiger partial charge in [-0.2, -0.15) is 0 Å². The van der Waals surface area contributed by atoms with Gasteiger partial charge in [-0.1, -0.05) is 6.92 Å². The Kier molecular flexibility index (Phi) is 6.05. The van der Waals surface area contributed by atoms with E-state index in [1.165, 1.54) is 0 Å². The zero-order valence-electron chi connectivity index (χ0n) is 12.2. The SMILES string of the molecule is CCCN(CCN(C)C)C(=O)COC1(C)CNC1. The van der Waals surface area contributed by atoms with Gasteiger partial charge < -0.3 is 19.9 Å². The minimum absolute atomic E-state index is 0.104. The molecule has 18 heavy (non-hydrogen) atoms. The van der Waals surface area contributed by atoms with Crippen LogP contribution >= 0.6 is 0 Å². The minimum atomic E-state index is -0.144. The summed E-state index contributed by atoms with van der Waals surface area (Å²) < 4.78 is 5.69. The van der Waals surface area contributed by atoms with E-state index < -0.39 is 0 Å². The number of nitrogens with zero attached hydrogens (tertiary/aromatic N) is 2. The number of carbonyl (C=O) groups excluding carboxylic acids is 1. The van der Waals surface area contributed by atoms with Gasteiger partial charge in [-0.3, -0.25) is 4.79 Å². The Morgan fingerprint density at radius 3 is 2.39 bits per heavy atom. The standard InChI is InChI=1S/C13H27N3O2/c1-5-6-16(8-7-15(3)4)12(17)9-18-13(2)10-14-11-13/h14H,5-11H2,1-4H3. The van der Waals surface area contributed by atoms with Gasteiger partial charge in [-0.05, 0) is 27.4 Å². The highest BCUT2D eigenvalue weighted by Crippen LogP contribution is 2.15. The molecule has 0 aromatic carbocycles. The Bertz CT molecular complexity index is 265. The number of hydrogen-bond acceptors (Lipinski definition) is 4. The maximum Gasteiger partial charge on any atom is 0.248 e. The van der Waals surface area contributed by atoms with Crippen LogP contribution in [0.4, 0.5) is 0 Å². The number of nitrogens with one attached hydrogen (secondary N) is 1. The van der Waals surface area contributed by atoms with Crippen molar-refractivity contribution in [1.82, 2.24) is 15.1 Å². The van der Waals surface area contributed by atoms with E-state index in [0.29, 0.717) is 0 Å². The summed E-state index contributed by atoms with van der Waals surface area (Å²) in [6.07, 6.45) is 0.984. The molecule has 0 unspecified atom stereocenters. The lowest BCUT2D eigenvalue weighted by Crippen LogP contribution is -2.59. The lowest BCUT2D eigenvalue weighted by Gasteiger charge is -2.39. The van der Waals surface area contributed by atoms with Gasteiger partial charge in [0.25, 0.3) is 0 Å². The number of hydrogen-bond donors (Lipinski definition) is 1. The molecule has 0 radical (unpaired) electrons. The van der Waals surface area contributed by atoms with E-state index >= 15 is 0 Å². The predicted molar refractivity (Wildman–Crippen MR) is 72.7 cm³/mol. The quantitative estimate of drug-likeness (QED) is 0.673. The summed E-state index contributed by atoms with van der Waals surface area (Å²) in [6, 6.07) is 0. The Hall–Kier alpha value is -0.650. The van der Waals surface area contributed by atoms with Crippen LogP contribution in [0.1, 0.15) is 20.3 Å². The second kappa shape index (κ2) is 7.07. The Labute approximate surface area is 110 Å². The molecule has 1 fully saturated rings. The zero-order valence-corrected chi connectivity index (χ0v) is 12.2. The van der Waals surface area contributed by atoms with Crippen LogP contribution in [-0.2, 0) is 9.53 Å². The zero-order chi connectivity index (χ0) is 13.6. The molecule has 1 rings (SSSR count). The predicted octanol–water partition coefficient (Wildman–Crippen LogP) is 0.165.